The predicted octanol–water partition coefficient (Wildman–Crippen LogP) is 3.37. The second-order valence-corrected chi connectivity index (χ2v) is 5.29. The minimum absolute atomic E-state index is 0.0230. The Bertz CT molecular complexity index is 730. The fraction of sp³-hybridized carbons (Fsp3) is 0.235. The summed E-state index contributed by atoms with van der Waals surface area (Å²) in [7, 11) is 0. The van der Waals surface area contributed by atoms with Gasteiger partial charge in [-0.05, 0) is 66.6 Å². The Morgan fingerprint density at radius 1 is 1.05 bits per heavy atom. The highest BCUT2D eigenvalue weighted by Gasteiger charge is 2.25. The van der Waals surface area contributed by atoms with Crippen LogP contribution in [0.2, 0.25) is 0 Å². The van der Waals surface area contributed by atoms with E-state index in [0.717, 1.165) is 40.7 Å². The van der Waals surface area contributed by atoms with E-state index in [0.29, 0.717) is 5.56 Å². The molecule has 0 saturated heterocycles. The van der Waals surface area contributed by atoms with Gasteiger partial charge in [-0.1, -0.05) is 12.1 Å². The van der Waals surface area contributed by atoms with Crippen molar-refractivity contribution in [3.8, 4) is 22.6 Å². The summed E-state index contributed by atoms with van der Waals surface area (Å²) in [6.07, 6.45) is 1.65. The topological polar surface area (TPSA) is 57.5 Å². The lowest BCUT2D eigenvalue weighted by molar-refractivity contribution is 0.101. The third-order valence-electron chi connectivity index (χ3n) is 4.11. The number of aryl methyl sites for hydroxylation is 1. The molecule has 0 aliphatic heterocycles. The van der Waals surface area contributed by atoms with Gasteiger partial charge in [0.15, 0.2) is 5.78 Å². The van der Waals surface area contributed by atoms with Crippen LogP contribution in [0, 0.1) is 6.92 Å². The van der Waals surface area contributed by atoms with Gasteiger partial charge >= 0.3 is 0 Å². The quantitative estimate of drug-likeness (QED) is 0.779. The monoisotopic (exact) mass is 268 g/mol. The van der Waals surface area contributed by atoms with Crippen LogP contribution >= 0.6 is 0 Å². The molecule has 0 spiro atoms. The highest BCUT2D eigenvalue weighted by molar-refractivity contribution is 6.05. The van der Waals surface area contributed by atoms with E-state index >= 15 is 0 Å². The van der Waals surface area contributed by atoms with Crippen LogP contribution in [0.3, 0.4) is 0 Å². The standard InChI is InChI=1S/C17H16O3/c1-9-12-5-3-11-4-7-15(20)16(10(2)18)17(11)13(12)6-8-14(9)19/h4,6-8,19-20H,3,5H2,1-2H3. The lowest BCUT2D eigenvalue weighted by Gasteiger charge is -2.24. The van der Waals surface area contributed by atoms with Gasteiger partial charge in [-0.3, -0.25) is 4.79 Å². The van der Waals surface area contributed by atoms with Gasteiger partial charge in [-0.15, -0.1) is 0 Å². The van der Waals surface area contributed by atoms with E-state index in [4.69, 9.17) is 0 Å². The Hall–Kier alpha value is -2.29. The molecule has 102 valence electrons. The van der Waals surface area contributed by atoms with E-state index in [9.17, 15) is 15.0 Å². The fourth-order valence-corrected chi connectivity index (χ4v) is 3.07. The molecule has 3 heteroatoms. The molecule has 3 rings (SSSR count). The maximum absolute atomic E-state index is 11.9. The van der Waals surface area contributed by atoms with Gasteiger partial charge in [0.25, 0.3) is 0 Å². The first-order valence-corrected chi connectivity index (χ1v) is 6.68. The number of benzene rings is 2. The molecule has 0 fully saturated rings. The molecule has 0 amide bonds. The van der Waals surface area contributed by atoms with E-state index in [2.05, 4.69) is 0 Å². The van der Waals surface area contributed by atoms with Crippen molar-refractivity contribution < 1.29 is 15.0 Å². The molecule has 0 saturated carbocycles. The third-order valence-corrected chi connectivity index (χ3v) is 4.11. The maximum atomic E-state index is 11.9. The number of carbonyl (C=O) groups is 1. The molecule has 0 aromatic heterocycles. The number of phenols is 2. The zero-order chi connectivity index (χ0) is 14.4. The largest absolute Gasteiger partial charge is 0.508 e. The van der Waals surface area contributed by atoms with Gasteiger partial charge in [0.05, 0.1) is 5.56 Å². The highest BCUT2D eigenvalue weighted by Crippen LogP contribution is 2.42. The van der Waals surface area contributed by atoms with Crippen LogP contribution in [0.15, 0.2) is 24.3 Å². The third kappa shape index (κ3) is 1.70. The lowest BCUT2D eigenvalue weighted by Crippen LogP contribution is -2.10. The molecular formula is C17H16O3. The minimum atomic E-state index is -0.141. The number of fused-ring (bicyclic) bond motifs is 3. The Morgan fingerprint density at radius 2 is 1.75 bits per heavy atom. The maximum Gasteiger partial charge on any atom is 0.164 e. The summed E-state index contributed by atoms with van der Waals surface area (Å²) in [4.78, 5) is 11.9. The molecule has 2 N–H and O–H groups in total. The number of carbonyl (C=O) groups excluding carboxylic acids is 1. The average molecular weight is 268 g/mol. The molecule has 1 aliphatic carbocycles. The molecule has 1 aliphatic rings. The van der Waals surface area contributed by atoms with Crippen molar-refractivity contribution in [2.75, 3.05) is 0 Å². The van der Waals surface area contributed by atoms with Crippen molar-refractivity contribution in [3.63, 3.8) is 0 Å². The van der Waals surface area contributed by atoms with Crippen molar-refractivity contribution in [2.45, 2.75) is 26.7 Å². The minimum Gasteiger partial charge on any atom is -0.508 e. The van der Waals surface area contributed by atoms with Gasteiger partial charge in [0.2, 0.25) is 0 Å². The SMILES string of the molecule is CC(=O)c1c(O)ccc2c1-c1ccc(O)c(C)c1CC2. The van der Waals surface area contributed by atoms with Crippen molar-refractivity contribution in [2.24, 2.45) is 0 Å². The summed E-state index contributed by atoms with van der Waals surface area (Å²) in [5, 5.41) is 19.9. The van der Waals surface area contributed by atoms with E-state index in [1.165, 1.54) is 6.92 Å². The van der Waals surface area contributed by atoms with Gasteiger partial charge in [-0.25, -0.2) is 0 Å². The molecule has 0 unspecified atom stereocenters. The Labute approximate surface area is 117 Å². The molecule has 3 nitrogen and oxygen atoms in total. The molecule has 2 aromatic carbocycles. The van der Waals surface area contributed by atoms with Crippen LogP contribution in [0.25, 0.3) is 11.1 Å². The normalized spacial score (nSPS) is 12.7. The van der Waals surface area contributed by atoms with E-state index < -0.39 is 0 Å². The molecule has 0 radical (unpaired) electrons. The molecule has 0 atom stereocenters. The Balaban J connectivity index is 2.39. The van der Waals surface area contributed by atoms with Gasteiger partial charge in [0.1, 0.15) is 11.5 Å². The Kier molecular flexibility index (Phi) is 2.78. The van der Waals surface area contributed by atoms with Gasteiger partial charge < -0.3 is 10.2 Å². The number of hydrogen-bond acceptors (Lipinski definition) is 3. The van der Waals surface area contributed by atoms with Crippen LogP contribution in [0.5, 0.6) is 11.5 Å². The summed E-state index contributed by atoms with van der Waals surface area (Å²) >= 11 is 0. The van der Waals surface area contributed by atoms with E-state index in [1.807, 2.05) is 19.1 Å². The van der Waals surface area contributed by atoms with Crippen molar-refractivity contribution in [1.29, 1.82) is 0 Å². The zero-order valence-electron chi connectivity index (χ0n) is 11.5. The first-order chi connectivity index (χ1) is 9.50. The average Bonchev–Trinajstić information content (AvgIpc) is 2.42. The summed E-state index contributed by atoms with van der Waals surface area (Å²) in [6, 6.07) is 6.95. The molecule has 2 aromatic rings. The molecule has 0 heterocycles. The van der Waals surface area contributed by atoms with E-state index in [1.54, 1.807) is 12.1 Å². The second kappa shape index (κ2) is 4.37. The molecule has 20 heavy (non-hydrogen) atoms. The number of phenolic OH excluding ortho intramolecular Hbond substituents is 2. The van der Waals surface area contributed by atoms with Crippen LogP contribution in [0.1, 0.15) is 34.0 Å². The van der Waals surface area contributed by atoms with Gasteiger partial charge in [-0.2, -0.15) is 0 Å². The highest BCUT2D eigenvalue weighted by atomic mass is 16.3. The fourth-order valence-electron chi connectivity index (χ4n) is 3.07. The lowest BCUT2D eigenvalue weighted by atomic mass is 9.80. The summed E-state index contributed by atoms with van der Waals surface area (Å²) < 4.78 is 0. The van der Waals surface area contributed by atoms with Crippen molar-refractivity contribution in [3.05, 3.63) is 46.5 Å². The first-order valence-electron chi connectivity index (χ1n) is 6.68. The van der Waals surface area contributed by atoms with Crippen LogP contribution < -0.4 is 0 Å². The number of ketones is 1. The van der Waals surface area contributed by atoms with Crippen molar-refractivity contribution >= 4 is 5.78 Å². The second-order valence-electron chi connectivity index (χ2n) is 5.29. The van der Waals surface area contributed by atoms with Crippen molar-refractivity contribution in [1.82, 2.24) is 0 Å². The molecule has 0 bridgehead atoms. The van der Waals surface area contributed by atoms with Crippen LogP contribution in [-0.4, -0.2) is 16.0 Å². The number of rotatable bonds is 1. The van der Waals surface area contributed by atoms with Gasteiger partial charge in [0, 0.05) is 0 Å². The first kappa shape index (κ1) is 12.7. The number of hydrogen-bond donors (Lipinski definition) is 2. The number of aromatic hydroxyl groups is 2. The van der Waals surface area contributed by atoms with Crippen LogP contribution in [0.4, 0.5) is 0 Å². The summed E-state index contributed by atoms with van der Waals surface area (Å²) in [6.45, 7) is 3.35. The smallest absolute Gasteiger partial charge is 0.164 e. The summed E-state index contributed by atoms with van der Waals surface area (Å²) in [5.41, 5.74) is 5.14. The summed E-state index contributed by atoms with van der Waals surface area (Å²) in [5.74, 6) is 0.157. The predicted molar refractivity (Wildman–Crippen MR) is 77.4 cm³/mol. The van der Waals surface area contributed by atoms with Crippen LogP contribution in [-0.2, 0) is 12.8 Å². The molecular weight excluding hydrogens is 252 g/mol. The zero-order valence-corrected chi connectivity index (χ0v) is 11.5. The Morgan fingerprint density at radius 3 is 2.45 bits per heavy atom. The van der Waals surface area contributed by atoms with E-state index in [-0.39, 0.29) is 17.3 Å². The number of Topliss-reactive ketones (excluding diaryl/α,β-unsaturated/α-hetero) is 1.